The molecule has 0 radical (unpaired) electrons. The summed E-state index contributed by atoms with van der Waals surface area (Å²) >= 11 is 0. The second kappa shape index (κ2) is 4.91. The van der Waals surface area contributed by atoms with Crippen LogP contribution in [0.4, 0.5) is 0 Å². The van der Waals surface area contributed by atoms with E-state index in [0.717, 1.165) is 44.9 Å². The van der Waals surface area contributed by atoms with Crippen LogP contribution in [0.5, 0.6) is 0 Å². The number of aliphatic hydroxyl groups excluding tert-OH is 3. The maximum atomic E-state index is 12.3. The molecule has 1 aliphatic heterocycles. The summed E-state index contributed by atoms with van der Waals surface area (Å²) in [5, 5.41) is 32.8. The molecule has 5 nitrogen and oxygen atoms in total. The number of ketones is 1. The van der Waals surface area contributed by atoms with Crippen molar-refractivity contribution in [2.75, 3.05) is 0 Å². The van der Waals surface area contributed by atoms with Crippen LogP contribution >= 0.6 is 0 Å². The topological polar surface area (TPSA) is 90.3 Å². The van der Waals surface area contributed by atoms with Crippen molar-refractivity contribution >= 4 is 5.78 Å². The molecule has 0 aromatic carbocycles. The lowest BCUT2D eigenvalue weighted by Crippen LogP contribution is -2.69. The molecule has 5 aliphatic rings. The van der Waals surface area contributed by atoms with Gasteiger partial charge in [-0.15, -0.1) is 0 Å². The van der Waals surface area contributed by atoms with Crippen LogP contribution in [0.25, 0.3) is 0 Å². The highest BCUT2D eigenvalue weighted by Gasteiger charge is 2.90. The quantitative estimate of drug-likeness (QED) is 0.618. The van der Waals surface area contributed by atoms with E-state index in [1.54, 1.807) is 6.92 Å². The summed E-state index contributed by atoms with van der Waals surface area (Å²) in [6.07, 6.45) is 3.74. The Labute approximate surface area is 155 Å². The summed E-state index contributed by atoms with van der Waals surface area (Å²) < 4.78 is 6.61. The average molecular weight is 364 g/mol. The summed E-state index contributed by atoms with van der Waals surface area (Å²) in [7, 11) is 0. The van der Waals surface area contributed by atoms with Crippen LogP contribution in [-0.4, -0.2) is 50.6 Å². The molecule has 0 aromatic heterocycles. The van der Waals surface area contributed by atoms with Crippen molar-refractivity contribution in [3.63, 3.8) is 0 Å². The lowest BCUT2D eigenvalue weighted by molar-refractivity contribution is -0.196. The third-order valence-corrected chi connectivity index (χ3v) is 9.73. The van der Waals surface area contributed by atoms with Gasteiger partial charge in [-0.3, -0.25) is 4.79 Å². The van der Waals surface area contributed by atoms with Gasteiger partial charge in [0.2, 0.25) is 0 Å². The Morgan fingerprint density at radius 2 is 1.77 bits per heavy atom. The number of aliphatic hydroxyl groups is 3. The molecule has 3 N–H and O–H groups in total. The number of carbonyl (C=O) groups is 1. The zero-order valence-electron chi connectivity index (χ0n) is 16.1. The maximum absolute atomic E-state index is 12.3. The van der Waals surface area contributed by atoms with E-state index in [1.165, 1.54) is 0 Å². The molecule has 10 atom stereocenters. The number of epoxide rings is 1. The fraction of sp³-hybridized carbons (Fsp3) is 0.952. The number of rotatable bonds is 1. The van der Waals surface area contributed by atoms with Crippen LogP contribution in [-0.2, 0) is 9.53 Å². The normalized spacial score (nSPS) is 63.3. The van der Waals surface area contributed by atoms with Gasteiger partial charge in [0.15, 0.2) is 0 Å². The summed E-state index contributed by atoms with van der Waals surface area (Å²) in [6, 6.07) is 0. The molecule has 4 saturated carbocycles. The van der Waals surface area contributed by atoms with Gasteiger partial charge in [-0.05, 0) is 63.2 Å². The number of carbonyl (C=O) groups excluding carboxylic acids is 1. The molecule has 1 saturated heterocycles. The summed E-state index contributed by atoms with van der Waals surface area (Å²) in [4.78, 5) is 12.3. The van der Waals surface area contributed by atoms with E-state index in [9.17, 15) is 20.1 Å². The van der Waals surface area contributed by atoms with Gasteiger partial charge >= 0.3 is 0 Å². The molecular weight excluding hydrogens is 332 g/mol. The van der Waals surface area contributed by atoms with Crippen LogP contribution in [0.2, 0.25) is 0 Å². The lowest BCUT2D eigenvalue weighted by Gasteiger charge is -2.60. The van der Waals surface area contributed by atoms with Gasteiger partial charge in [0.25, 0.3) is 0 Å². The number of fused-ring (bicyclic) bond motifs is 2. The summed E-state index contributed by atoms with van der Waals surface area (Å²) in [5.41, 5.74) is -1.70. The third kappa shape index (κ3) is 1.63. The van der Waals surface area contributed by atoms with E-state index < -0.39 is 28.8 Å². The third-order valence-electron chi connectivity index (χ3n) is 9.73. The van der Waals surface area contributed by atoms with Gasteiger partial charge in [-0.25, -0.2) is 0 Å². The van der Waals surface area contributed by atoms with Crippen molar-refractivity contribution in [3.8, 4) is 0 Å². The molecule has 5 heteroatoms. The molecule has 0 unspecified atom stereocenters. The van der Waals surface area contributed by atoms with Crippen molar-refractivity contribution < 1.29 is 24.9 Å². The van der Waals surface area contributed by atoms with Crippen LogP contribution in [0, 0.1) is 28.6 Å². The second-order valence-electron chi connectivity index (χ2n) is 10.4. The van der Waals surface area contributed by atoms with Gasteiger partial charge in [-0.1, -0.05) is 13.8 Å². The standard InChI is InChI=1S/C21H32O5/c1-11(22)14-6-9-21-19(14,3)17(25)15(24)16-18(2)7-5-13(23)10-12(18)4-8-20(16,21)26-21/h12-17,23-25H,4-10H2,1-3H3/t12-,13-,14-,15-,16+,17+,18-,19-,20-,21-/m0/s1. The first-order chi connectivity index (χ1) is 12.1. The predicted molar refractivity (Wildman–Crippen MR) is 94.3 cm³/mol. The van der Waals surface area contributed by atoms with E-state index in [2.05, 4.69) is 6.92 Å². The fourth-order valence-corrected chi connectivity index (χ4v) is 8.48. The molecule has 0 aromatic rings. The van der Waals surface area contributed by atoms with Crippen molar-refractivity contribution in [1.82, 2.24) is 0 Å². The first-order valence-corrected chi connectivity index (χ1v) is 10.4. The maximum Gasteiger partial charge on any atom is 0.133 e. The van der Waals surface area contributed by atoms with E-state index >= 15 is 0 Å². The molecule has 0 bridgehead atoms. The van der Waals surface area contributed by atoms with Crippen molar-refractivity contribution in [1.29, 1.82) is 0 Å². The summed E-state index contributed by atoms with van der Waals surface area (Å²) in [5.74, 6) is 0.0981. The van der Waals surface area contributed by atoms with Crippen LogP contribution < -0.4 is 0 Å². The van der Waals surface area contributed by atoms with E-state index in [1.807, 2.05) is 6.92 Å². The monoisotopic (exact) mass is 364 g/mol. The van der Waals surface area contributed by atoms with E-state index in [4.69, 9.17) is 4.74 Å². The van der Waals surface area contributed by atoms with Crippen molar-refractivity contribution in [3.05, 3.63) is 0 Å². The minimum Gasteiger partial charge on any atom is -0.393 e. The molecule has 5 rings (SSSR count). The number of hydrogen-bond donors (Lipinski definition) is 3. The minimum absolute atomic E-state index is 0.0976. The van der Waals surface area contributed by atoms with Crippen LogP contribution in [0.1, 0.15) is 65.7 Å². The Balaban J connectivity index is 1.61. The summed E-state index contributed by atoms with van der Waals surface area (Å²) in [6.45, 7) is 5.82. The van der Waals surface area contributed by atoms with Gasteiger partial charge < -0.3 is 20.1 Å². The molecule has 5 fully saturated rings. The van der Waals surface area contributed by atoms with Gasteiger partial charge in [0.05, 0.1) is 18.3 Å². The Morgan fingerprint density at radius 3 is 2.46 bits per heavy atom. The highest BCUT2D eigenvalue weighted by molar-refractivity contribution is 5.80. The molecule has 1 heterocycles. The number of ether oxygens (including phenoxy) is 1. The van der Waals surface area contributed by atoms with Crippen molar-refractivity contribution in [2.24, 2.45) is 28.6 Å². The minimum atomic E-state index is -0.943. The van der Waals surface area contributed by atoms with Gasteiger partial charge in [-0.2, -0.15) is 0 Å². The highest BCUT2D eigenvalue weighted by atomic mass is 16.6. The largest absolute Gasteiger partial charge is 0.393 e. The first-order valence-electron chi connectivity index (χ1n) is 10.4. The Bertz CT molecular complexity index is 665. The first kappa shape index (κ1) is 17.6. The van der Waals surface area contributed by atoms with E-state index in [0.29, 0.717) is 5.92 Å². The van der Waals surface area contributed by atoms with Crippen LogP contribution in [0.3, 0.4) is 0 Å². The molecular formula is C21H32O5. The lowest BCUT2D eigenvalue weighted by atomic mass is 9.43. The Morgan fingerprint density at radius 1 is 1.04 bits per heavy atom. The number of hydrogen-bond acceptors (Lipinski definition) is 5. The van der Waals surface area contributed by atoms with Crippen LogP contribution in [0.15, 0.2) is 0 Å². The SMILES string of the molecule is CC(=O)[C@@H]1CC[C@@]23O[C@]24CC[C@H]2C[C@@H](O)CC[C@]2(C)[C@H]4[C@H](O)[C@@H](O)[C@]13C. The fourth-order valence-electron chi connectivity index (χ4n) is 8.48. The Kier molecular flexibility index (Phi) is 3.33. The van der Waals surface area contributed by atoms with Gasteiger partial charge in [0.1, 0.15) is 17.0 Å². The molecule has 0 amide bonds. The zero-order chi connectivity index (χ0) is 18.7. The van der Waals surface area contributed by atoms with E-state index in [-0.39, 0.29) is 29.1 Å². The zero-order valence-corrected chi connectivity index (χ0v) is 16.1. The average Bonchev–Trinajstić information content (AvgIpc) is 3.11. The Hall–Kier alpha value is -0.490. The molecule has 4 aliphatic carbocycles. The van der Waals surface area contributed by atoms with Crippen molar-refractivity contribution in [2.45, 2.75) is 95.2 Å². The second-order valence-corrected chi connectivity index (χ2v) is 10.4. The molecule has 146 valence electrons. The highest BCUT2D eigenvalue weighted by Crippen LogP contribution is 2.80. The predicted octanol–water partition coefficient (Wildman–Crippen LogP) is 1.81. The number of Topliss-reactive ketones (excluding diaryl/α,β-unsaturated/α-hetero) is 1. The van der Waals surface area contributed by atoms with Gasteiger partial charge in [0, 0.05) is 17.3 Å². The molecule has 2 spiro atoms. The smallest absolute Gasteiger partial charge is 0.133 e. The molecule has 26 heavy (non-hydrogen) atoms.